The van der Waals surface area contributed by atoms with Gasteiger partial charge in [0.1, 0.15) is 11.5 Å². The smallest absolute Gasteiger partial charge is 0.339 e. The van der Waals surface area contributed by atoms with Gasteiger partial charge in [0.15, 0.2) is 6.10 Å². The molecule has 0 saturated carbocycles. The Bertz CT molecular complexity index is 1070. The average molecular weight is 414 g/mol. The van der Waals surface area contributed by atoms with Gasteiger partial charge < -0.3 is 19.5 Å². The van der Waals surface area contributed by atoms with Crippen LogP contribution in [-0.2, 0) is 9.53 Å². The molecule has 0 saturated heterocycles. The van der Waals surface area contributed by atoms with Crippen LogP contribution in [0.1, 0.15) is 17.3 Å². The summed E-state index contributed by atoms with van der Waals surface area (Å²) in [6.45, 7) is 1.50. The van der Waals surface area contributed by atoms with Crippen LogP contribution in [0.4, 0.5) is 5.69 Å². The van der Waals surface area contributed by atoms with Crippen LogP contribution in [-0.4, -0.2) is 32.2 Å². The van der Waals surface area contributed by atoms with E-state index in [0.29, 0.717) is 33.2 Å². The van der Waals surface area contributed by atoms with Gasteiger partial charge in [-0.15, -0.1) is 0 Å². The van der Waals surface area contributed by atoms with Crippen molar-refractivity contribution in [3.63, 3.8) is 0 Å². The number of methoxy groups -OCH3 is 2. The number of benzene rings is 3. The van der Waals surface area contributed by atoms with Gasteiger partial charge in [0.25, 0.3) is 5.91 Å². The predicted octanol–water partition coefficient (Wildman–Crippen LogP) is 4.69. The van der Waals surface area contributed by atoms with E-state index in [9.17, 15) is 9.59 Å². The molecule has 3 aromatic rings. The zero-order valence-electron chi connectivity index (χ0n) is 16.2. The Morgan fingerprint density at radius 3 is 2.28 bits per heavy atom. The molecule has 3 rings (SSSR count). The minimum atomic E-state index is -1.04. The molecule has 0 unspecified atom stereocenters. The highest BCUT2D eigenvalue weighted by Gasteiger charge is 2.22. The largest absolute Gasteiger partial charge is 0.496 e. The van der Waals surface area contributed by atoms with Crippen molar-refractivity contribution in [2.45, 2.75) is 13.0 Å². The van der Waals surface area contributed by atoms with Crippen LogP contribution in [0.3, 0.4) is 0 Å². The third kappa shape index (κ3) is 4.43. The first-order valence-corrected chi connectivity index (χ1v) is 9.23. The summed E-state index contributed by atoms with van der Waals surface area (Å²) >= 11 is 5.98. The van der Waals surface area contributed by atoms with Crippen molar-refractivity contribution in [3.8, 4) is 11.5 Å². The van der Waals surface area contributed by atoms with E-state index in [2.05, 4.69) is 5.32 Å². The molecule has 29 heavy (non-hydrogen) atoms. The molecule has 0 aliphatic carbocycles. The number of ether oxygens (including phenoxy) is 3. The maximum atomic E-state index is 12.7. The molecule has 150 valence electrons. The van der Waals surface area contributed by atoms with Gasteiger partial charge >= 0.3 is 5.97 Å². The lowest BCUT2D eigenvalue weighted by Crippen LogP contribution is -2.30. The quantitative estimate of drug-likeness (QED) is 0.593. The molecule has 0 aliphatic rings. The number of fused-ring (bicyclic) bond motifs is 1. The van der Waals surface area contributed by atoms with E-state index in [1.54, 1.807) is 43.5 Å². The van der Waals surface area contributed by atoms with Gasteiger partial charge in [0, 0.05) is 10.4 Å². The van der Waals surface area contributed by atoms with Crippen LogP contribution in [0.25, 0.3) is 10.8 Å². The van der Waals surface area contributed by atoms with Crippen LogP contribution in [0.2, 0.25) is 5.02 Å². The molecule has 6 nitrogen and oxygen atoms in total. The van der Waals surface area contributed by atoms with E-state index in [1.165, 1.54) is 14.0 Å². The number of hydrogen-bond acceptors (Lipinski definition) is 5. The highest BCUT2D eigenvalue weighted by Crippen LogP contribution is 2.30. The fourth-order valence-electron chi connectivity index (χ4n) is 2.92. The van der Waals surface area contributed by atoms with Gasteiger partial charge in [-0.05, 0) is 42.6 Å². The number of esters is 1. The van der Waals surface area contributed by atoms with Crippen LogP contribution >= 0.6 is 11.6 Å². The van der Waals surface area contributed by atoms with Crippen molar-refractivity contribution in [2.24, 2.45) is 0 Å². The standard InChI is InChI=1S/C22H20ClNO5/c1-13(21(25)24-18-12-14(23)8-10-20(18)28-3)29-22(26)17-9-11-19(27-2)16-7-5-4-6-15(16)17/h4-13H,1-3H3,(H,24,25)/t13-/m1/s1. The highest BCUT2D eigenvalue weighted by atomic mass is 35.5. The van der Waals surface area contributed by atoms with Gasteiger partial charge in [0.2, 0.25) is 0 Å². The summed E-state index contributed by atoms with van der Waals surface area (Å²) in [4.78, 5) is 25.2. The Morgan fingerprint density at radius 2 is 1.59 bits per heavy atom. The molecule has 0 spiro atoms. The van der Waals surface area contributed by atoms with Crippen molar-refractivity contribution in [1.29, 1.82) is 0 Å². The molecule has 1 atom stereocenters. The zero-order valence-corrected chi connectivity index (χ0v) is 16.9. The van der Waals surface area contributed by atoms with Crippen molar-refractivity contribution in [3.05, 3.63) is 65.2 Å². The normalized spacial score (nSPS) is 11.6. The highest BCUT2D eigenvalue weighted by molar-refractivity contribution is 6.31. The molecule has 0 aromatic heterocycles. The number of hydrogen-bond donors (Lipinski definition) is 1. The van der Waals surface area contributed by atoms with Crippen LogP contribution in [0.15, 0.2) is 54.6 Å². The number of halogens is 1. The SMILES string of the molecule is COc1ccc(Cl)cc1NC(=O)[C@@H](C)OC(=O)c1ccc(OC)c2ccccc12. The van der Waals surface area contributed by atoms with Crippen LogP contribution < -0.4 is 14.8 Å². The lowest BCUT2D eigenvalue weighted by atomic mass is 10.0. The molecule has 0 heterocycles. The van der Waals surface area contributed by atoms with Gasteiger partial charge in [-0.1, -0.05) is 35.9 Å². The number of nitrogens with one attached hydrogen (secondary N) is 1. The van der Waals surface area contributed by atoms with E-state index in [-0.39, 0.29) is 0 Å². The summed E-state index contributed by atoms with van der Waals surface area (Å²) in [6.07, 6.45) is -1.04. The fourth-order valence-corrected chi connectivity index (χ4v) is 3.09. The van der Waals surface area contributed by atoms with E-state index >= 15 is 0 Å². The fraction of sp³-hybridized carbons (Fsp3) is 0.182. The summed E-state index contributed by atoms with van der Waals surface area (Å²) in [5.41, 5.74) is 0.740. The zero-order chi connectivity index (χ0) is 21.0. The second-order valence-corrected chi connectivity index (χ2v) is 6.68. The molecule has 3 aromatic carbocycles. The number of carbonyl (C=O) groups is 2. The Balaban J connectivity index is 1.78. The van der Waals surface area contributed by atoms with E-state index < -0.39 is 18.0 Å². The predicted molar refractivity (Wildman–Crippen MR) is 112 cm³/mol. The first-order valence-electron chi connectivity index (χ1n) is 8.85. The first kappa shape index (κ1) is 20.5. The lowest BCUT2D eigenvalue weighted by Gasteiger charge is -2.16. The van der Waals surface area contributed by atoms with Crippen molar-refractivity contribution < 1.29 is 23.8 Å². The summed E-state index contributed by atoms with van der Waals surface area (Å²) in [5, 5.41) is 4.57. The summed E-state index contributed by atoms with van der Waals surface area (Å²) in [6, 6.07) is 15.5. The molecule has 0 radical (unpaired) electrons. The Labute approximate surface area is 173 Å². The minimum absolute atomic E-state index is 0.349. The minimum Gasteiger partial charge on any atom is -0.496 e. The summed E-state index contributed by atoms with van der Waals surface area (Å²) in [7, 11) is 3.05. The second kappa shape index (κ2) is 8.84. The first-order chi connectivity index (χ1) is 13.9. The molecular weight excluding hydrogens is 394 g/mol. The second-order valence-electron chi connectivity index (χ2n) is 6.24. The van der Waals surface area contributed by atoms with Gasteiger partial charge in [-0.25, -0.2) is 4.79 Å². The summed E-state index contributed by atoms with van der Waals surface area (Å²) in [5.74, 6) is -0.0142. The van der Waals surface area contributed by atoms with E-state index in [4.69, 9.17) is 25.8 Å². The van der Waals surface area contributed by atoms with Gasteiger partial charge in [0.05, 0.1) is 25.5 Å². The van der Waals surface area contributed by atoms with Crippen LogP contribution in [0, 0.1) is 0 Å². The number of amides is 1. The molecule has 1 amide bonds. The van der Waals surface area contributed by atoms with Crippen molar-refractivity contribution >= 4 is 39.9 Å². The van der Waals surface area contributed by atoms with Gasteiger partial charge in [-0.2, -0.15) is 0 Å². The number of carbonyl (C=O) groups excluding carboxylic acids is 2. The maximum Gasteiger partial charge on any atom is 0.339 e. The Hall–Kier alpha value is -3.25. The van der Waals surface area contributed by atoms with Crippen molar-refractivity contribution in [2.75, 3.05) is 19.5 Å². The topological polar surface area (TPSA) is 73.9 Å². The Morgan fingerprint density at radius 1 is 0.931 bits per heavy atom. The maximum absolute atomic E-state index is 12.7. The third-order valence-corrected chi connectivity index (χ3v) is 4.63. The van der Waals surface area contributed by atoms with Gasteiger partial charge in [-0.3, -0.25) is 4.79 Å². The third-order valence-electron chi connectivity index (χ3n) is 4.40. The number of anilines is 1. The molecule has 0 aliphatic heterocycles. The summed E-state index contributed by atoms with van der Waals surface area (Å²) < 4.78 is 15.9. The monoisotopic (exact) mass is 413 g/mol. The Kier molecular flexibility index (Phi) is 6.24. The molecule has 1 N–H and O–H groups in total. The number of rotatable bonds is 6. The van der Waals surface area contributed by atoms with E-state index in [1.807, 2.05) is 18.2 Å². The molecule has 7 heteroatoms. The molecule has 0 fully saturated rings. The van der Waals surface area contributed by atoms with Crippen molar-refractivity contribution in [1.82, 2.24) is 0 Å². The average Bonchev–Trinajstić information content (AvgIpc) is 2.72. The molecular formula is C22H20ClNO5. The lowest BCUT2D eigenvalue weighted by molar-refractivity contribution is -0.123. The van der Waals surface area contributed by atoms with E-state index in [0.717, 1.165) is 5.39 Å². The van der Waals surface area contributed by atoms with Crippen LogP contribution in [0.5, 0.6) is 11.5 Å². The molecule has 0 bridgehead atoms.